The summed E-state index contributed by atoms with van der Waals surface area (Å²) in [5.41, 5.74) is 0.792. The monoisotopic (exact) mass is 534 g/mol. The molecule has 12 heteroatoms. The molecule has 164 valence electrons. The number of aliphatic carboxylic acids is 1. The molecule has 4 amide bonds. The molecule has 0 radical (unpaired) electrons. The molecule has 11 nitrogen and oxygen atoms in total. The summed E-state index contributed by atoms with van der Waals surface area (Å²) in [5, 5.41) is 18.1. The van der Waals surface area contributed by atoms with E-state index in [9.17, 15) is 24.0 Å². The summed E-state index contributed by atoms with van der Waals surface area (Å²) in [6.07, 6.45) is 0.183. The van der Waals surface area contributed by atoms with Crippen molar-refractivity contribution in [1.29, 1.82) is 0 Å². The minimum absolute atomic E-state index is 0.183. The molecule has 0 heterocycles. The topological polar surface area (TPSA) is 163 Å². The number of ether oxygens (including phenoxy) is 1. The van der Waals surface area contributed by atoms with Crippen molar-refractivity contribution < 1.29 is 33.8 Å². The maximum absolute atomic E-state index is 12.5. The smallest absolute Gasteiger partial charge is 0.329 e. The molecular weight excluding hydrogens is 511 g/mol. The molecular formula is C18H23IN4O7. The highest BCUT2D eigenvalue weighted by atomic mass is 127. The van der Waals surface area contributed by atoms with Crippen LogP contribution >= 0.6 is 22.6 Å². The van der Waals surface area contributed by atoms with Gasteiger partial charge in [0.05, 0.1) is 17.5 Å². The van der Waals surface area contributed by atoms with E-state index in [0.29, 0.717) is 0 Å². The van der Waals surface area contributed by atoms with Crippen LogP contribution in [0.4, 0.5) is 0 Å². The van der Waals surface area contributed by atoms with E-state index < -0.39 is 36.3 Å². The third kappa shape index (κ3) is 11.3. The number of carboxylic acids is 1. The lowest BCUT2D eigenvalue weighted by molar-refractivity contribution is -0.143. The van der Waals surface area contributed by atoms with Crippen LogP contribution in [0.1, 0.15) is 5.56 Å². The summed E-state index contributed by atoms with van der Waals surface area (Å²) < 4.78 is 4.87. The molecule has 0 fully saturated rings. The third-order valence-corrected chi connectivity index (χ3v) is 4.21. The average molecular weight is 534 g/mol. The summed E-state index contributed by atoms with van der Waals surface area (Å²) in [4.78, 5) is 57.9. The quantitative estimate of drug-likeness (QED) is 0.0896. The average Bonchev–Trinajstić information content (AvgIpc) is 2.73. The van der Waals surface area contributed by atoms with E-state index in [1.165, 1.54) is 0 Å². The molecule has 0 aliphatic heterocycles. The zero-order chi connectivity index (χ0) is 22.4. The van der Waals surface area contributed by atoms with Gasteiger partial charge in [-0.1, -0.05) is 52.9 Å². The van der Waals surface area contributed by atoms with E-state index in [-0.39, 0.29) is 36.6 Å². The number of halogens is 1. The summed E-state index contributed by atoms with van der Waals surface area (Å²) in [6.45, 7) is -1.54. The first kappa shape index (κ1) is 25.3. The molecule has 0 aliphatic rings. The first-order chi connectivity index (χ1) is 14.3. The van der Waals surface area contributed by atoms with Gasteiger partial charge in [0, 0.05) is 6.42 Å². The maximum Gasteiger partial charge on any atom is 0.329 e. The van der Waals surface area contributed by atoms with E-state index in [0.717, 1.165) is 5.56 Å². The number of amides is 4. The number of carboxylic acid groups (broad SMARTS) is 1. The fourth-order valence-corrected chi connectivity index (χ4v) is 2.42. The highest BCUT2D eigenvalue weighted by Crippen LogP contribution is 2.03. The Kier molecular flexibility index (Phi) is 12.0. The van der Waals surface area contributed by atoms with Crippen molar-refractivity contribution in [2.75, 3.05) is 30.9 Å². The molecule has 1 aromatic carbocycles. The van der Waals surface area contributed by atoms with Gasteiger partial charge in [-0.2, -0.15) is 0 Å². The normalized spacial score (nSPS) is 11.1. The van der Waals surface area contributed by atoms with E-state index in [4.69, 9.17) is 5.11 Å². The summed E-state index contributed by atoms with van der Waals surface area (Å²) in [7, 11) is 0. The molecule has 0 saturated heterocycles. The van der Waals surface area contributed by atoms with Crippen molar-refractivity contribution in [2.24, 2.45) is 0 Å². The van der Waals surface area contributed by atoms with Crippen LogP contribution in [0.25, 0.3) is 0 Å². The first-order valence-corrected chi connectivity index (χ1v) is 10.3. The van der Waals surface area contributed by atoms with Gasteiger partial charge < -0.3 is 31.1 Å². The SMILES string of the molecule is O=C(O)COCNC(=O)CNC(=O)C(Cc1ccccc1)NC(=O)CNC(=O)CI. The van der Waals surface area contributed by atoms with E-state index >= 15 is 0 Å². The number of hydrogen-bond donors (Lipinski definition) is 5. The van der Waals surface area contributed by atoms with Gasteiger partial charge in [-0.25, -0.2) is 4.79 Å². The maximum atomic E-state index is 12.5. The van der Waals surface area contributed by atoms with Crippen molar-refractivity contribution in [3.8, 4) is 0 Å². The molecule has 0 saturated carbocycles. The van der Waals surface area contributed by atoms with Gasteiger partial charge >= 0.3 is 5.97 Å². The van der Waals surface area contributed by atoms with Gasteiger partial charge in [-0.15, -0.1) is 0 Å². The highest BCUT2D eigenvalue weighted by Gasteiger charge is 2.22. The third-order valence-electron chi connectivity index (χ3n) is 3.52. The Labute approximate surface area is 186 Å². The zero-order valence-corrected chi connectivity index (χ0v) is 18.1. The minimum atomic E-state index is -1.17. The Morgan fingerprint density at radius 2 is 1.60 bits per heavy atom. The van der Waals surface area contributed by atoms with Gasteiger partial charge in [-0.05, 0) is 5.56 Å². The van der Waals surface area contributed by atoms with Crippen molar-refractivity contribution in [2.45, 2.75) is 12.5 Å². The zero-order valence-electron chi connectivity index (χ0n) is 16.0. The highest BCUT2D eigenvalue weighted by molar-refractivity contribution is 14.1. The molecule has 1 unspecified atom stereocenters. The van der Waals surface area contributed by atoms with Crippen LogP contribution in [-0.2, 0) is 35.1 Å². The summed E-state index contributed by atoms with van der Waals surface area (Å²) in [6, 6.07) is 8.00. The van der Waals surface area contributed by atoms with E-state index in [1.54, 1.807) is 24.3 Å². The number of carbonyl (C=O) groups is 5. The molecule has 1 atom stereocenters. The van der Waals surface area contributed by atoms with E-state index in [1.807, 2.05) is 28.7 Å². The second kappa shape index (κ2) is 14.3. The molecule has 0 spiro atoms. The molecule has 0 aromatic heterocycles. The second-order valence-electron chi connectivity index (χ2n) is 5.92. The van der Waals surface area contributed by atoms with Gasteiger partial charge in [0.15, 0.2) is 0 Å². The molecule has 5 N–H and O–H groups in total. The number of alkyl halides is 1. The van der Waals surface area contributed by atoms with Crippen molar-refractivity contribution in [3.05, 3.63) is 35.9 Å². The van der Waals surface area contributed by atoms with Gasteiger partial charge in [0.25, 0.3) is 0 Å². The summed E-state index contributed by atoms with van der Waals surface area (Å²) >= 11 is 1.86. The Balaban J connectivity index is 2.58. The lowest BCUT2D eigenvalue weighted by atomic mass is 10.1. The Bertz CT molecular complexity index is 745. The summed E-state index contributed by atoms with van der Waals surface area (Å²) in [5.74, 6) is -3.21. The fourth-order valence-electron chi connectivity index (χ4n) is 2.15. The predicted octanol–water partition coefficient (Wildman–Crippen LogP) is -1.44. The van der Waals surface area contributed by atoms with Crippen LogP contribution in [0.3, 0.4) is 0 Å². The molecule has 1 rings (SSSR count). The minimum Gasteiger partial charge on any atom is -0.480 e. The Hall–Kier alpha value is -2.74. The van der Waals surface area contributed by atoms with Crippen LogP contribution in [0.5, 0.6) is 0 Å². The van der Waals surface area contributed by atoms with Crippen LogP contribution in [0.2, 0.25) is 0 Å². The van der Waals surface area contributed by atoms with Crippen molar-refractivity contribution >= 4 is 52.2 Å². The lowest BCUT2D eigenvalue weighted by Gasteiger charge is -2.19. The van der Waals surface area contributed by atoms with Crippen LogP contribution < -0.4 is 21.3 Å². The number of rotatable bonds is 13. The Morgan fingerprint density at radius 1 is 0.933 bits per heavy atom. The Morgan fingerprint density at radius 3 is 2.23 bits per heavy atom. The second-order valence-corrected chi connectivity index (χ2v) is 6.69. The number of hydrogen-bond acceptors (Lipinski definition) is 6. The molecule has 0 bridgehead atoms. The first-order valence-electron chi connectivity index (χ1n) is 8.81. The fraction of sp³-hybridized carbons (Fsp3) is 0.389. The predicted molar refractivity (Wildman–Crippen MR) is 114 cm³/mol. The van der Waals surface area contributed by atoms with Crippen molar-refractivity contribution in [1.82, 2.24) is 21.3 Å². The van der Waals surface area contributed by atoms with E-state index in [2.05, 4.69) is 26.0 Å². The molecule has 1 aromatic rings. The van der Waals surface area contributed by atoms with Crippen LogP contribution in [0, 0.1) is 0 Å². The largest absolute Gasteiger partial charge is 0.480 e. The lowest BCUT2D eigenvalue weighted by Crippen LogP contribution is -2.52. The standard InChI is InChI=1S/C18H23IN4O7/c19-7-14(24)20-9-16(26)23-13(6-12-4-2-1-3-5-12)18(29)21-8-15(25)22-11-30-10-17(27)28/h1-5,13H,6-11H2,(H,20,24)(H,21,29)(H,22,25)(H,23,26)(H,27,28). The van der Waals surface area contributed by atoms with Gasteiger partial charge in [-0.3, -0.25) is 19.2 Å². The molecule has 30 heavy (non-hydrogen) atoms. The van der Waals surface area contributed by atoms with Crippen molar-refractivity contribution in [3.63, 3.8) is 0 Å². The molecule has 0 aliphatic carbocycles. The van der Waals surface area contributed by atoms with Gasteiger partial charge in [0.1, 0.15) is 19.4 Å². The number of nitrogens with one attached hydrogen (secondary N) is 4. The number of carbonyl (C=O) groups excluding carboxylic acids is 4. The number of benzene rings is 1. The van der Waals surface area contributed by atoms with Crippen LogP contribution in [0.15, 0.2) is 30.3 Å². The van der Waals surface area contributed by atoms with Crippen LogP contribution in [-0.4, -0.2) is 71.6 Å². The van der Waals surface area contributed by atoms with Gasteiger partial charge in [0.2, 0.25) is 23.6 Å².